The first-order valence-corrected chi connectivity index (χ1v) is 26.1. The van der Waals surface area contributed by atoms with Crippen LogP contribution in [-0.2, 0) is 33.3 Å². The molecule has 0 bridgehead atoms. The van der Waals surface area contributed by atoms with Crippen LogP contribution in [0, 0.1) is 0 Å². The van der Waals surface area contributed by atoms with Gasteiger partial charge >= 0.3 is 11.9 Å². The van der Waals surface area contributed by atoms with Crippen molar-refractivity contribution in [3.63, 3.8) is 0 Å². The Balaban J connectivity index is 4.27. The van der Waals surface area contributed by atoms with Crippen LogP contribution >= 0.6 is 0 Å². The van der Waals surface area contributed by atoms with Gasteiger partial charge in [-0.15, -0.1) is 0 Å². The molecule has 0 aromatic carbocycles. The molecular weight excluding hydrogens is 815 g/mol. The average Bonchev–Trinajstić information content (AvgIpc) is 3.27. The van der Waals surface area contributed by atoms with Crippen LogP contribution in [0.1, 0.15) is 206 Å². The number of carboxylic acids is 1. The molecule has 0 fully saturated rings. The summed E-state index contributed by atoms with van der Waals surface area (Å²) in [6.45, 7) is 4.57. The average molecular weight is 912 g/mol. The van der Waals surface area contributed by atoms with Gasteiger partial charge in [0, 0.05) is 12.8 Å². The predicted octanol–water partition coefficient (Wildman–Crippen LogP) is 13.3. The third kappa shape index (κ3) is 48.5. The van der Waals surface area contributed by atoms with Crippen LogP contribution in [0.3, 0.4) is 0 Å². The summed E-state index contributed by atoms with van der Waals surface area (Å²) in [6, 6.07) is 0. The van der Waals surface area contributed by atoms with Crippen LogP contribution in [0.5, 0.6) is 0 Å². The summed E-state index contributed by atoms with van der Waals surface area (Å²) in [7, 11) is 5.90. The molecule has 0 aliphatic heterocycles. The molecule has 0 radical (unpaired) electrons. The monoisotopic (exact) mass is 912 g/mol. The number of allylic oxidation sites excluding steroid dienone is 12. The maximum absolute atomic E-state index is 12.8. The lowest BCUT2D eigenvalue weighted by molar-refractivity contribution is -0.870. The number of carbonyl (C=O) groups excluding carboxylic acids is 3. The van der Waals surface area contributed by atoms with Crippen molar-refractivity contribution in [2.75, 3.05) is 47.5 Å². The lowest BCUT2D eigenvalue weighted by atomic mass is 10.0. The highest BCUT2D eigenvalue weighted by atomic mass is 16.7. The van der Waals surface area contributed by atoms with E-state index in [4.69, 9.17) is 18.9 Å². The van der Waals surface area contributed by atoms with Crippen molar-refractivity contribution in [3.8, 4) is 0 Å². The van der Waals surface area contributed by atoms with Gasteiger partial charge < -0.3 is 33.3 Å². The number of ether oxygens (including phenoxy) is 4. The van der Waals surface area contributed by atoms with Gasteiger partial charge in [0.2, 0.25) is 0 Å². The van der Waals surface area contributed by atoms with Gasteiger partial charge in [0.15, 0.2) is 12.4 Å². The third-order valence-corrected chi connectivity index (χ3v) is 10.9. The second kappa shape index (κ2) is 47.2. The number of quaternary nitrogens is 1. The molecule has 0 heterocycles. The lowest BCUT2D eigenvalue weighted by Crippen LogP contribution is -2.44. The number of nitrogens with zero attached hydrogens (tertiary/aromatic N) is 1. The van der Waals surface area contributed by atoms with Gasteiger partial charge in [-0.05, 0) is 83.5 Å². The van der Waals surface area contributed by atoms with Crippen LogP contribution < -0.4 is 5.11 Å². The Morgan fingerprint density at radius 3 is 1.32 bits per heavy atom. The first kappa shape index (κ1) is 61.7. The van der Waals surface area contributed by atoms with Gasteiger partial charge in [-0.3, -0.25) is 9.59 Å². The number of aliphatic carboxylic acids is 1. The van der Waals surface area contributed by atoms with Crippen LogP contribution in [0.2, 0.25) is 0 Å². The molecule has 0 aliphatic rings. The van der Waals surface area contributed by atoms with Gasteiger partial charge in [0.1, 0.15) is 13.2 Å². The van der Waals surface area contributed by atoms with Crippen molar-refractivity contribution >= 4 is 17.9 Å². The zero-order valence-corrected chi connectivity index (χ0v) is 42.3. The van der Waals surface area contributed by atoms with Gasteiger partial charge in [-0.1, -0.05) is 183 Å². The molecule has 0 spiro atoms. The highest BCUT2D eigenvalue weighted by Gasteiger charge is 2.21. The van der Waals surface area contributed by atoms with Crippen molar-refractivity contribution < 1.29 is 42.9 Å². The minimum atomic E-state index is -1.63. The fourth-order valence-electron chi connectivity index (χ4n) is 6.91. The Hall–Kier alpha value is -3.27. The Bertz CT molecular complexity index is 1290. The molecule has 0 saturated carbocycles. The summed E-state index contributed by atoms with van der Waals surface area (Å²) in [6.07, 6.45) is 56.6. The normalized spacial score (nSPS) is 13.4. The number of carbonyl (C=O) groups is 3. The molecule has 0 aromatic heterocycles. The van der Waals surface area contributed by atoms with E-state index in [2.05, 4.69) is 86.8 Å². The van der Waals surface area contributed by atoms with Crippen molar-refractivity contribution in [2.24, 2.45) is 0 Å². The zero-order chi connectivity index (χ0) is 47.7. The van der Waals surface area contributed by atoms with E-state index in [0.717, 1.165) is 70.6 Å². The molecule has 0 aromatic rings. The summed E-state index contributed by atoms with van der Waals surface area (Å²) in [5.41, 5.74) is 0. The number of hydrogen-bond acceptors (Lipinski definition) is 8. The highest BCUT2D eigenvalue weighted by Crippen LogP contribution is 2.15. The van der Waals surface area contributed by atoms with Crippen molar-refractivity contribution in [1.29, 1.82) is 0 Å². The number of hydrogen-bond donors (Lipinski definition) is 0. The largest absolute Gasteiger partial charge is 0.545 e. The van der Waals surface area contributed by atoms with Crippen molar-refractivity contribution in [1.82, 2.24) is 0 Å². The zero-order valence-electron chi connectivity index (χ0n) is 42.3. The molecule has 374 valence electrons. The second-order valence-corrected chi connectivity index (χ2v) is 18.4. The van der Waals surface area contributed by atoms with E-state index in [1.807, 2.05) is 21.1 Å². The molecule has 2 unspecified atom stereocenters. The summed E-state index contributed by atoms with van der Waals surface area (Å²) in [5, 5.41) is 11.7. The van der Waals surface area contributed by atoms with E-state index in [1.54, 1.807) is 0 Å². The van der Waals surface area contributed by atoms with Crippen LogP contribution in [-0.4, -0.2) is 82.3 Å². The number of rotatable bonds is 47. The second-order valence-electron chi connectivity index (χ2n) is 18.4. The number of carboxylic acid groups (broad SMARTS) is 1. The maximum Gasteiger partial charge on any atom is 0.306 e. The fourth-order valence-corrected chi connectivity index (χ4v) is 6.91. The molecule has 65 heavy (non-hydrogen) atoms. The number of likely N-dealkylation sites (N-methyl/N-ethyl adjacent to an activating group) is 1. The summed E-state index contributed by atoms with van der Waals surface area (Å²) < 4.78 is 22.6. The minimum absolute atomic E-state index is 0.139. The fraction of sp³-hybridized carbons (Fsp3) is 0.732. The van der Waals surface area contributed by atoms with Gasteiger partial charge in [0.05, 0.1) is 40.3 Å². The predicted molar refractivity (Wildman–Crippen MR) is 269 cm³/mol. The standard InChI is InChI=1S/C56H97NO8/c1-6-8-10-12-14-16-18-20-21-22-23-24-25-26-27-28-29-30-31-32-33-35-37-39-41-43-45-47-54(59)65-52(51-64-56(55(60)61)62-49-48-57(3,4)5)50-63-53(58)46-44-42-40-38-36-34-19-17-15-13-11-9-7-2/h9,11,15,17-18,20,22-23,25-26,34,36,52,56H,6-8,10,12-14,16,19,21,24,27-33,35,37-51H2,1-5H3/b11-9-,17-15-,20-18-,23-22-,26-25-,36-34-. The molecule has 9 heteroatoms. The summed E-state index contributed by atoms with van der Waals surface area (Å²) in [5.74, 6) is -2.33. The molecule has 0 aliphatic carbocycles. The Morgan fingerprint density at radius 1 is 0.477 bits per heavy atom. The van der Waals surface area contributed by atoms with Gasteiger partial charge in [0.25, 0.3) is 0 Å². The smallest absolute Gasteiger partial charge is 0.306 e. The SMILES string of the molecule is CC/C=C\C/C=C\C/C=C\CCCCCC(=O)OCC(COC(OCC[N+](C)(C)C)C(=O)[O-])OC(=O)CCCCCCCCCCCCCC/C=C\C/C=C\C/C=C\CCCCCCC. The van der Waals surface area contributed by atoms with Gasteiger partial charge in [-0.25, -0.2) is 0 Å². The topological polar surface area (TPSA) is 111 Å². The van der Waals surface area contributed by atoms with E-state index in [9.17, 15) is 19.5 Å². The Labute approximate surface area is 398 Å². The minimum Gasteiger partial charge on any atom is -0.545 e. The highest BCUT2D eigenvalue weighted by molar-refractivity contribution is 5.70. The van der Waals surface area contributed by atoms with E-state index in [-0.39, 0.29) is 38.6 Å². The van der Waals surface area contributed by atoms with Crippen LogP contribution in [0.15, 0.2) is 72.9 Å². The van der Waals surface area contributed by atoms with Crippen LogP contribution in [0.25, 0.3) is 0 Å². The van der Waals surface area contributed by atoms with Crippen LogP contribution in [0.4, 0.5) is 0 Å². The Kier molecular flexibility index (Phi) is 44.9. The molecule has 9 nitrogen and oxygen atoms in total. The molecule has 0 amide bonds. The molecule has 0 N–H and O–H groups in total. The number of unbranched alkanes of at least 4 members (excludes halogenated alkanes) is 20. The van der Waals surface area contributed by atoms with E-state index >= 15 is 0 Å². The van der Waals surface area contributed by atoms with E-state index in [1.165, 1.54) is 96.3 Å². The Morgan fingerprint density at radius 2 is 0.877 bits per heavy atom. The first-order chi connectivity index (χ1) is 31.6. The molecule has 2 atom stereocenters. The van der Waals surface area contributed by atoms with Crippen molar-refractivity contribution in [2.45, 2.75) is 219 Å². The number of esters is 2. The maximum atomic E-state index is 12.8. The first-order valence-electron chi connectivity index (χ1n) is 26.1. The molecular formula is C56H97NO8. The lowest BCUT2D eigenvalue weighted by Gasteiger charge is -2.26. The van der Waals surface area contributed by atoms with E-state index in [0.29, 0.717) is 23.9 Å². The molecule has 0 saturated heterocycles. The van der Waals surface area contributed by atoms with Gasteiger partial charge in [-0.2, -0.15) is 0 Å². The van der Waals surface area contributed by atoms with Crippen molar-refractivity contribution in [3.05, 3.63) is 72.9 Å². The summed E-state index contributed by atoms with van der Waals surface area (Å²) >= 11 is 0. The molecule has 0 rings (SSSR count). The van der Waals surface area contributed by atoms with E-state index < -0.39 is 24.3 Å². The quantitative estimate of drug-likeness (QED) is 0.0195. The summed E-state index contributed by atoms with van der Waals surface area (Å²) in [4.78, 5) is 37.1. The third-order valence-electron chi connectivity index (χ3n) is 10.9.